The number of likely N-dealkylation sites (N-methyl/N-ethyl adjacent to an activating group) is 1. The van der Waals surface area contributed by atoms with Gasteiger partial charge in [0.2, 0.25) is 0 Å². The van der Waals surface area contributed by atoms with E-state index in [9.17, 15) is 0 Å². The Labute approximate surface area is 166 Å². The van der Waals surface area contributed by atoms with Crippen molar-refractivity contribution in [1.29, 1.82) is 0 Å². The lowest BCUT2D eigenvalue weighted by molar-refractivity contribution is 0.345. The summed E-state index contributed by atoms with van der Waals surface area (Å²) in [6.07, 6.45) is 1.14. The van der Waals surface area contributed by atoms with Crippen LogP contribution in [0.15, 0.2) is 24.3 Å². The van der Waals surface area contributed by atoms with Crippen molar-refractivity contribution < 1.29 is 0 Å². The Morgan fingerprint density at radius 2 is 1.04 bits per heavy atom. The van der Waals surface area contributed by atoms with Crippen LogP contribution in [0.4, 0.5) is 11.4 Å². The summed E-state index contributed by atoms with van der Waals surface area (Å²) in [6, 6.07) is 9.00. The number of hydrogen-bond acceptors (Lipinski definition) is 3. The second-order valence-corrected chi connectivity index (χ2v) is 8.06. The highest BCUT2D eigenvalue weighted by atomic mass is 15.1. The Morgan fingerprint density at radius 3 is 1.48 bits per heavy atom. The number of nitrogens with zero attached hydrogens (tertiary/aromatic N) is 1. The monoisotopic (exact) mass is 367 g/mol. The molecule has 0 unspecified atom stereocenters. The van der Waals surface area contributed by atoms with Crippen LogP contribution in [0.3, 0.4) is 0 Å². The van der Waals surface area contributed by atoms with E-state index in [0.717, 1.165) is 32.6 Å². The Bertz CT molecular complexity index is 718. The number of aryl methyl sites for hydroxylation is 6. The van der Waals surface area contributed by atoms with Crippen molar-refractivity contribution in [3.63, 3.8) is 0 Å². The molecule has 0 aromatic heterocycles. The standard InChI is InChI=1S/C24H37N3/c1-17-13-19(3)23(20(4)14-17)25-9-8-11-27(7)12-10-26-24-21(5)15-18(2)16-22(24)6/h13-16,25-26H,8-12H2,1-7H3. The van der Waals surface area contributed by atoms with E-state index in [-0.39, 0.29) is 0 Å². The van der Waals surface area contributed by atoms with Crippen molar-refractivity contribution >= 4 is 11.4 Å². The third kappa shape index (κ3) is 6.28. The molecule has 0 saturated carbocycles. The molecule has 2 aromatic carbocycles. The lowest BCUT2D eigenvalue weighted by atomic mass is 10.1. The van der Waals surface area contributed by atoms with E-state index in [1.807, 2.05) is 0 Å². The molecule has 0 radical (unpaired) electrons. The van der Waals surface area contributed by atoms with Gasteiger partial charge in [-0.1, -0.05) is 35.4 Å². The minimum atomic E-state index is 0.977. The first-order chi connectivity index (χ1) is 12.8. The third-order valence-electron chi connectivity index (χ3n) is 5.17. The fourth-order valence-corrected chi connectivity index (χ4v) is 3.96. The summed E-state index contributed by atoms with van der Waals surface area (Å²) in [6.45, 7) is 17.2. The minimum Gasteiger partial charge on any atom is -0.385 e. The summed E-state index contributed by atoms with van der Waals surface area (Å²) in [5.41, 5.74) is 10.6. The number of nitrogens with one attached hydrogen (secondary N) is 2. The molecule has 0 fully saturated rings. The fourth-order valence-electron chi connectivity index (χ4n) is 3.96. The van der Waals surface area contributed by atoms with Gasteiger partial charge < -0.3 is 15.5 Å². The summed E-state index contributed by atoms with van der Waals surface area (Å²) >= 11 is 0. The van der Waals surface area contributed by atoms with Crippen molar-refractivity contribution in [3.05, 3.63) is 57.6 Å². The van der Waals surface area contributed by atoms with Crippen LogP contribution >= 0.6 is 0 Å². The van der Waals surface area contributed by atoms with Crippen LogP contribution in [0.5, 0.6) is 0 Å². The molecule has 0 atom stereocenters. The highest BCUT2D eigenvalue weighted by molar-refractivity contribution is 5.58. The van der Waals surface area contributed by atoms with Crippen LogP contribution in [-0.2, 0) is 0 Å². The van der Waals surface area contributed by atoms with E-state index in [1.165, 1.54) is 44.8 Å². The maximum atomic E-state index is 3.62. The Balaban J connectivity index is 1.71. The van der Waals surface area contributed by atoms with E-state index in [2.05, 4.69) is 88.4 Å². The Hall–Kier alpha value is -2.00. The first-order valence-electron chi connectivity index (χ1n) is 10.1. The van der Waals surface area contributed by atoms with Gasteiger partial charge >= 0.3 is 0 Å². The molecule has 3 nitrogen and oxygen atoms in total. The maximum Gasteiger partial charge on any atom is 0.0400 e. The van der Waals surface area contributed by atoms with Gasteiger partial charge in [0.1, 0.15) is 0 Å². The second kappa shape index (κ2) is 9.80. The Kier molecular flexibility index (Phi) is 7.73. The van der Waals surface area contributed by atoms with Crippen LogP contribution in [-0.4, -0.2) is 38.1 Å². The molecule has 2 aromatic rings. The smallest absolute Gasteiger partial charge is 0.0400 e. The molecule has 3 heteroatoms. The predicted molar refractivity (Wildman–Crippen MR) is 120 cm³/mol. The van der Waals surface area contributed by atoms with E-state index in [0.29, 0.717) is 0 Å². The molecule has 0 heterocycles. The summed E-state index contributed by atoms with van der Waals surface area (Å²) in [5.74, 6) is 0. The second-order valence-electron chi connectivity index (χ2n) is 8.06. The van der Waals surface area contributed by atoms with Crippen molar-refractivity contribution in [1.82, 2.24) is 4.90 Å². The van der Waals surface area contributed by atoms with E-state index in [1.54, 1.807) is 0 Å². The minimum absolute atomic E-state index is 0.977. The van der Waals surface area contributed by atoms with E-state index < -0.39 is 0 Å². The average molecular weight is 368 g/mol. The zero-order valence-corrected chi connectivity index (χ0v) is 18.3. The number of rotatable bonds is 9. The molecule has 0 aliphatic rings. The highest BCUT2D eigenvalue weighted by Crippen LogP contribution is 2.22. The highest BCUT2D eigenvalue weighted by Gasteiger charge is 2.05. The molecule has 0 amide bonds. The predicted octanol–water partition coefficient (Wildman–Crippen LogP) is 5.38. The molecule has 0 saturated heterocycles. The first-order valence-corrected chi connectivity index (χ1v) is 10.1. The van der Waals surface area contributed by atoms with Crippen LogP contribution in [0, 0.1) is 41.5 Å². The lowest BCUT2D eigenvalue weighted by Gasteiger charge is -2.20. The number of hydrogen-bond donors (Lipinski definition) is 2. The zero-order chi connectivity index (χ0) is 20.0. The Morgan fingerprint density at radius 1 is 0.630 bits per heavy atom. The largest absolute Gasteiger partial charge is 0.385 e. The summed E-state index contributed by atoms with van der Waals surface area (Å²) in [4.78, 5) is 2.41. The van der Waals surface area contributed by atoms with Crippen LogP contribution in [0.1, 0.15) is 39.8 Å². The first kappa shape index (κ1) is 21.3. The van der Waals surface area contributed by atoms with Crippen LogP contribution in [0.25, 0.3) is 0 Å². The van der Waals surface area contributed by atoms with Crippen molar-refractivity contribution in [3.8, 4) is 0 Å². The van der Waals surface area contributed by atoms with E-state index >= 15 is 0 Å². The van der Waals surface area contributed by atoms with Crippen LogP contribution < -0.4 is 10.6 Å². The molecule has 2 rings (SSSR count). The molecular weight excluding hydrogens is 330 g/mol. The zero-order valence-electron chi connectivity index (χ0n) is 18.3. The average Bonchev–Trinajstić information content (AvgIpc) is 2.55. The molecule has 0 spiro atoms. The number of anilines is 2. The third-order valence-corrected chi connectivity index (χ3v) is 5.17. The topological polar surface area (TPSA) is 27.3 Å². The van der Waals surface area contributed by atoms with Crippen LogP contribution in [0.2, 0.25) is 0 Å². The molecule has 148 valence electrons. The van der Waals surface area contributed by atoms with Gasteiger partial charge in [-0.25, -0.2) is 0 Å². The lowest BCUT2D eigenvalue weighted by Crippen LogP contribution is -2.27. The molecule has 0 aliphatic carbocycles. The summed E-state index contributed by atoms with van der Waals surface area (Å²) < 4.78 is 0. The molecule has 27 heavy (non-hydrogen) atoms. The fraction of sp³-hybridized carbons (Fsp3) is 0.500. The SMILES string of the molecule is Cc1cc(C)c(NCCCN(C)CCNc2c(C)cc(C)cc2C)c(C)c1. The van der Waals surface area contributed by atoms with Gasteiger partial charge in [-0.3, -0.25) is 0 Å². The van der Waals surface area contributed by atoms with Crippen molar-refractivity contribution in [2.75, 3.05) is 43.9 Å². The van der Waals surface area contributed by atoms with Gasteiger partial charge in [0.15, 0.2) is 0 Å². The number of benzene rings is 2. The summed E-state index contributed by atoms with van der Waals surface area (Å²) in [5, 5.41) is 7.24. The molecule has 0 bridgehead atoms. The summed E-state index contributed by atoms with van der Waals surface area (Å²) in [7, 11) is 2.21. The van der Waals surface area contributed by atoms with E-state index in [4.69, 9.17) is 0 Å². The molecule has 2 N–H and O–H groups in total. The molecule has 0 aliphatic heterocycles. The van der Waals surface area contributed by atoms with Gasteiger partial charge in [-0.15, -0.1) is 0 Å². The van der Waals surface area contributed by atoms with Gasteiger partial charge in [0.25, 0.3) is 0 Å². The van der Waals surface area contributed by atoms with Gasteiger partial charge in [-0.2, -0.15) is 0 Å². The van der Waals surface area contributed by atoms with Gasteiger partial charge in [0, 0.05) is 31.0 Å². The van der Waals surface area contributed by atoms with Gasteiger partial charge in [0.05, 0.1) is 0 Å². The van der Waals surface area contributed by atoms with Crippen molar-refractivity contribution in [2.24, 2.45) is 0 Å². The van der Waals surface area contributed by atoms with Gasteiger partial charge in [-0.05, 0) is 83.8 Å². The quantitative estimate of drug-likeness (QED) is 0.582. The maximum absolute atomic E-state index is 3.62. The normalized spacial score (nSPS) is 11.1. The molecular formula is C24H37N3. The van der Waals surface area contributed by atoms with Crippen molar-refractivity contribution in [2.45, 2.75) is 48.0 Å².